The molecule has 4 aromatic rings. The molecule has 0 aliphatic carbocycles. The van der Waals surface area contributed by atoms with Gasteiger partial charge in [0.05, 0.1) is 11.1 Å². The molecule has 0 bridgehead atoms. The van der Waals surface area contributed by atoms with Crippen molar-refractivity contribution in [3.8, 4) is 11.1 Å². The van der Waals surface area contributed by atoms with Crippen molar-refractivity contribution in [1.29, 1.82) is 0 Å². The SMILES string of the molecule is CCc1nnc(NC(=O)CSc2nc3scc(-c4ccc(C(C)C)cc4)c3c(=O)[nH]2)s1. The van der Waals surface area contributed by atoms with Gasteiger partial charge in [-0.15, -0.1) is 21.5 Å². The van der Waals surface area contributed by atoms with Crippen LogP contribution in [0, 0.1) is 0 Å². The smallest absolute Gasteiger partial charge is 0.260 e. The fraction of sp³-hybridized carbons (Fsp3) is 0.286. The highest BCUT2D eigenvalue weighted by Gasteiger charge is 2.15. The average molecular weight is 472 g/mol. The number of hydrogen-bond donors (Lipinski definition) is 2. The van der Waals surface area contributed by atoms with E-state index in [1.165, 1.54) is 40.0 Å². The molecule has 0 aliphatic heterocycles. The second kappa shape index (κ2) is 9.29. The number of aryl methyl sites for hydroxylation is 1. The van der Waals surface area contributed by atoms with Crippen LogP contribution in [-0.4, -0.2) is 31.8 Å². The van der Waals surface area contributed by atoms with Crippen molar-refractivity contribution in [2.24, 2.45) is 0 Å². The first kappa shape index (κ1) is 21.7. The van der Waals surface area contributed by atoms with E-state index in [0.29, 0.717) is 26.4 Å². The van der Waals surface area contributed by atoms with Crippen LogP contribution in [0.15, 0.2) is 39.6 Å². The van der Waals surface area contributed by atoms with Crippen LogP contribution in [0.2, 0.25) is 0 Å². The summed E-state index contributed by atoms with van der Waals surface area (Å²) in [7, 11) is 0. The van der Waals surface area contributed by atoms with Crippen molar-refractivity contribution in [3.63, 3.8) is 0 Å². The zero-order valence-electron chi connectivity index (χ0n) is 17.3. The maximum absolute atomic E-state index is 12.8. The van der Waals surface area contributed by atoms with E-state index in [4.69, 9.17) is 0 Å². The number of hydrogen-bond acceptors (Lipinski definition) is 8. The summed E-state index contributed by atoms with van der Waals surface area (Å²) in [4.78, 5) is 33.0. The largest absolute Gasteiger partial charge is 0.301 e. The lowest BCUT2D eigenvalue weighted by atomic mass is 9.99. The zero-order valence-corrected chi connectivity index (χ0v) is 19.7. The number of amides is 1. The Hall–Kier alpha value is -2.56. The van der Waals surface area contributed by atoms with Gasteiger partial charge in [-0.2, -0.15) is 0 Å². The van der Waals surface area contributed by atoms with Crippen LogP contribution in [-0.2, 0) is 11.2 Å². The van der Waals surface area contributed by atoms with Crippen LogP contribution in [0.3, 0.4) is 0 Å². The van der Waals surface area contributed by atoms with E-state index < -0.39 is 0 Å². The predicted octanol–water partition coefficient (Wildman–Crippen LogP) is 4.92. The maximum Gasteiger partial charge on any atom is 0.260 e. The summed E-state index contributed by atoms with van der Waals surface area (Å²) >= 11 is 3.97. The Bertz CT molecular complexity index is 1270. The van der Waals surface area contributed by atoms with Gasteiger partial charge in [0.15, 0.2) is 5.16 Å². The Balaban J connectivity index is 1.49. The van der Waals surface area contributed by atoms with Crippen LogP contribution in [0.5, 0.6) is 0 Å². The fourth-order valence-corrected chi connectivity index (χ4v) is 5.36. The van der Waals surface area contributed by atoms with Crippen molar-refractivity contribution in [1.82, 2.24) is 20.2 Å². The summed E-state index contributed by atoms with van der Waals surface area (Å²) in [5.74, 6) is 0.351. The van der Waals surface area contributed by atoms with Gasteiger partial charge in [-0.1, -0.05) is 68.1 Å². The van der Waals surface area contributed by atoms with E-state index in [9.17, 15) is 9.59 Å². The number of thioether (sulfide) groups is 1. The van der Waals surface area contributed by atoms with Gasteiger partial charge in [0.2, 0.25) is 11.0 Å². The number of carbonyl (C=O) groups excluding carboxylic acids is 1. The van der Waals surface area contributed by atoms with Gasteiger partial charge < -0.3 is 4.98 Å². The number of fused-ring (bicyclic) bond motifs is 1. The molecule has 2 N–H and O–H groups in total. The lowest BCUT2D eigenvalue weighted by molar-refractivity contribution is -0.113. The van der Waals surface area contributed by atoms with Crippen molar-refractivity contribution >= 4 is 55.7 Å². The van der Waals surface area contributed by atoms with Gasteiger partial charge in [-0.3, -0.25) is 14.9 Å². The third-order valence-electron chi connectivity index (χ3n) is 4.67. The molecule has 1 amide bonds. The van der Waals surface area contributed by atoms with Crippen LogP contribution in [0.1, 0.15) is 37.3 Å². The predicted molar refractivity (Wildman–Crippen MR) is 128 cm³/mol. The van der Waals surface area contributed by atoms with Crippen molar-refractivity contribution < 1.29 is 4.79 Å². The average Bonchev–Trinajstić information content (AvgIpc) is 3.39. The second-order valence-corrected chi connectivity index (χ2v) is 10.1. The molecule has 1 aromatic carbocycles. The second-order valence-electron chi connectivity index (χ2n) is 7.17. The quantitative estimate of drug-likeness (QED) is 0.293. The minimum Gasteiger partial charge on any atom is -0.301 e. The molecule has 10 heteroatoms. The molecular formula is C21H21N5O2S3. The Labute approximate surface area is 191 Å². The van der Waals surface area contributed by atoms with E-state index in [1.807, 2.05) is 24.4 Å². The molecule has 0 radical (unpaired) electrons. The van der Waals surface area contributed by atoms with Gasteiger partial charge in [-0.05, 0) is 23.5 Å². The molecule has 0 aliphatic rings. The number of nitrogens with zero attached hydrogens (tertiary/aromatic N) is 3. The van der Waals surface area contributed by atoms with Gasteiger partial charge in [0.1, 0.15) is 9.84 Å². The monoisotopic (exact) mass is 471 g/mol. The normalized spacial score (nSPS) is 11.4. The summed E-state index contributed by atoms with van der Waals surface area (Å²) in [5, 5.41) is 14.9. The van der Waals surface area contributed by atoms with Crippen LogP contribution >= 0.6 is 34.4 Å². The number of H-pyrrole nitrogens is 1. The number of benzene rings is 1. The summed E-state index contributed by atoms with van der Waals surface area (Å²) in [6.07, 6.45) is 0.776. The van der Waals surface area contributed by atoms with Crippen molar-refractivity contribution in [2.45, 2.75) is 38.3 Å². The number of thiophene rings is 1. The van der Waals surface area contributed by atoms with Crippen LogP contribution < -0.4 is 10.9 Å². The van der Waals surface area contributed by atoms with E-state index in [2.05, 4.69) is 51.5 Å². The number of anilines is 1. The zero-order chi connectivity index (χ0) is 22.0. The van der Waals surface area contributed by atoms with E-state index in [-0.39, 0.29) is 17.2 Å². The Kier molecular flexibility index (Phi) is 6.49. The minimum atomic E-state index is -0.219. The first-order valence-corrected chi connectivity index (χ1v) is 12.5. The number of aromatic amines is 1. The topological polar surface area (TPSA) is 101 Å². The van der Waals surface area contributed by atoms with E-state index in [0.717, 1.165) is 22.6 Å². The molecule has 0 unspecified atom stereocenters. The molecular weight excluding hydrogens is 450 g/mol. The molecule has 7 nitrogen and oxygen atoms in total. The Morgan fingerprint density at radius 3 is 2.68 bits per heavy atom. The lowest BCUT2D eigenvalue weighted by Gasteiger charge is -2.06. The highest BCUT2D eigenvalue weighted by atomic mass is 32.2. The van der Waals surface area contributed by atoms with Crippen LogP contribution in [0.25, 0.3) is 21.3 Å². The third kappa shape index (κ3) is 4.86. The maximum atomic E-state index is 12.8. The van der Waals surface area contributed by atoms with Gasteiger partial charge in [-0.25, -0.2) is 4.98 Å². The number of aromatic nitrogens is 4. The Morgan fingerprint density at radius 1 is 1.23 bits per heavy atom. The van der Waals surface area contributed by atoms with Gasteiger partial charge >= 0.3 is 0 Å². The molecule has 3 heterocycles. The molecule has 0 atom stereocenters. The summed E-state index contributed by atoms with van der Waals surface area (Å²) in [5.41, 5.74) is 2.92. The number of rotatable bonds is 7. The standard InChI is InChI=1S/C21H21N5O2S3/c1-4-16-25-26-21(31-16)22-15(27)10-30-20-23-18(28)17-14(9-29-19(17)24-20)13-7-5-12(6-8-13)11(2)3/h5-9,11H,4,10H2,1-3H3,(H,22,26,27)(H,23,24,28). The first-order chi connectivity index (χ1) is 14.9. The molecule has 0 spiro atoms. The summed E-state index contributed by atoms with van der Waals surface area (Å²) < 4.78 is 0. The Morgan fingerprint density at radius 2 is 2.00 bits per heavy atom. The molecule has 3 aromatic heterocycles. The highest BCUT2D eigenvalue weighted by molar-refractivity contribution is 7.99. The number of carbonyl (C=O) groups is 1. The first-order valence-electron chi connectivity index (χ1n) is 9.81. The molecule has 4 rings (SSSR count). The highest BCUT2D eigenvalue weighted by Crippen LogP contribution is 2.32. The number of nitrogens with one attached hydrogen (secondary N) is 2. The van der Waals surface area contributed by atoms with E-state index >= 15 is 0 Å². The molecule has 0 fully saturated rings. The summed E-state index contributed by atoms with van der Waals surface area (Å²) in [6, 6.07) is 8.27. The summed E-state index contributed by atoms with van der Waals surface area (Å²) in [6.45, 7) is 6.29. The third-order valence-corrected chi connectivity index (χ3v) is 7.39. The van der Waals surface area contributed by atoms with Crippen molar-refractivity contribution in [3.05, 3.63) is 50.6 Å². The lowest BCUT2D eigenvalue weighted by Crippen LogP contribution is -2.15. The molecule has 31 heavy (non-hydrogen) atoms. The fourth-order valence-electron chi connectivity index (χ4n) is 2.99. The van der Waals surface area contributed by atoms with E-state index in [1.54, 1.807) is 0 Å². The minimum absolute atomic E-state index is 0.115. The molecule has 160 valence electrons. The van der Waals surface area contributed by atoms with Gasteiger partial charge in [0, 0.05) is 10.9 Å². The molecule has 0 saturated heterocycles. The van der Waals surface area contributed by atoms with Crippen LogP contribution in [0.4, 0.5) is 5.13 Å². The van der Waals surface area contributed by atoms with Gasteiger partial charge in [0.25, 0.3) is 5.56 Å². The molecule has 0 saturated carbocycles. The van der Waals surface area contributed by atoms with Crippen molar-refractivity contribution in [2.75, 3.05) is 11.1 Å².